The molecule has 0 aliphatic heterocycles. The minimum atomic E-state index is -1.24. The molecule has 170 valence electrons. The number of fused-ring (bicyclic) bond motifs is 2. The standard InChI is InChI=1S/C24H23FN4O4/c1-23(2,31)16-10-24(25)19-12(8-15(16)20(19)24)11-27-21(30)14-4-3-7-26-22(14)32-13-5-6-17-18(9-13)29-33-28-17/h3-9,15-16,19-20,31H,10-11H2,1-2H3,(H,27,30)/p+1. The molecule has 8 nitrogen and oxygen atoms in total. The fraction of sp³-hybridized carbons (Fsp3) is 0.417. The number of aliphatic hydroxyl groups is 1. The van der Waals surface area contributed by atoms with Crippen molar-refractivity contribution in [1.82, 2.24) is 15.6 Å². The van der Waals surface area contributed by atoms with Crippen LogP contribution in [0.4, 0.5) is 4.39 Å². The summed E-state index contributed by atoms with van der Waals surface area (Å²) in [4.78, 5) is 15.9. The first-order valence-electron chi connectivity index (χ1n) is 11.1. The third kappa shape index (κ3) is 3.13. The van der Waals surface area contributed by atoms with Crippen molar-refractivity contribution < 1.29 is 28.6 Å². The molecule has 5 atom stereocenters. The molecule has 2 fully saturated rings. The van der Waals surface area contributed by atoms with Crippen molar-refractivity contribution in [3.8, 4) is 11.6 Å². The second kappa shape index (κ2) is 6.84. The quantitative estimate of drug-likeness (QED) is 0.558. The molecule has 2 heterocycles. The van der Waals surface area contributed by atoms with Crippen LogP contribution in [0.15, 0.2) is 52.8 Å². The molecule has 3 aliphatic rings. The Balaban J connectivity index is 1.17. The fourth-order valence-electron chi connectivity index (χ4n) is 5.87. The van der Waals surface area contributed by atoms with Crippen LogP contribution >= 0.6 is 0 Å². The monoisotopic (exact) mass is 451 g/mol. The van der Waals surface area contributed by atoms with Crippen LogP contribution in [-0.4, -0.2) is 39.1 Å². The van der Waals surface area contributed by atoms with Gasteiger partial charge in [0.25, 0.3) is 5.91 Å². The number of carbonyl (C=O) groups excluding carboxylic acids is 1. The molecule has 0 spiro atoms. The minimum absolute atomic E-state index is 0.0248. The molecule has 9 heteroatoms. The van der Waals surface area contributed by atoms with Gasteiger partial charge < -0.3 is 15.2 Å². The molecule has 3 aliphatic carbocycles. The van der Waals surface area contributed by atoms with Gasteiger partial charge in [0.1, 0.15) is 22.5 Å². The summed E-state index contributed by atoms with van der Waals surface area (Å²) < 4.78 is 25.9. The number of aromatic nitrogens is 3. The highest BCUT2D eigenvalue weighted by Gasteiger charge is 2.78. The summed E-state index contributed by atoms with van der Waals surface area (Å²) in [5.74, 6) is 0.139. The van der Waals surface area contributed by atoms with E-state index < -0.39 is 11.3 Å². The lowest BCUT2D eigenvalue weighted by Gasteiger charge is -2.30. The van der Waals surface area contributed by atoms with Crippen molar-refractivity contribution >= 4 is 16.9 Å². The van der Waals surface area contributed by atoms with Gasteiger partial charge in [0, 0.05) is 30.5 Å². The number of rotatable bonds is 6. The summed E-state index contributed by atoms with van der Waals surface area (Å²) in [6, 6.07) is 8.46. The molecular weight excluding hydrogens is 427 g/mol. The van der Waals surface area contributed by atoms with E-state index in [2.05, 4.69) is 26.7 Å². The Labute approximate surface area is 188 Å². The highest BCUT2D eigenvalue weighted by Crippen LogP contribution is 2.75. The van der Waals surface area contributed by atoms with E-state index in [0.717, 1.165) is 5.57 Å². The largest absolute Gasteiger partial charge is 0.405 e. The molecule has 1 amide bonds. The maximum atomic E-state index is 15.3. The van der Waals surface area contributed by atoms with Gasteiger partial charge in [-0.2, -0.15) is 4.98 Å². The van der Waals surface area contributed by atoms with Crippen LogP contribution in [0.25, 0.3) is 11.0 Å². The molecule has 0 saturated heterocycles. The van der Waals surface area contributed by atoms with Crippen LogP contribution in [0.1, 0.15) is 30.6 Å². The second-order valence-corrected chi connectivity index (χ2v) is 9.83. The van der Waals surface area contributed by atoms with Crippen molar-refractivity contribution in [2.24, 2.45) is 23.7 Å². The topological polar surface area (TPSA) is 112 Å². The molecule has 6 rings (SSSR count). The number of carbonyl (C=O) groups is 1. The number of allylic oxidation sites excluding steroid dienone is 1. The fourth-order valence-corrected chi connectivity index (χ4v) is 5.87. The summed E-state index contributed by atoms with van der Waals surface area (Å²) >= 11 is 0. The zero-order valence-corrected chi connectivity index (χ0v) is 18.2. The lowest BCUT2D eigenvalue weighted by atomic mass is 9.80. The van der Waals surface area contributed by atoms with Crippen LogP contribution in [0.5, 0.6) is 11.6 Å². The summed E-state index contributed by atoms with van der Waals surface area (Å²) in [7, 11) is 0. The lowest BCUT2D eigenvalue weighted by Crippen LogP contribution is -2.34. The van der Waals surface area contributed by atoms with Gasteiger partial charge >= 0.3 is 5.88 Å². The van der Waals surface area contributed by atoms with Crippen molar-refractivity contribution in [2.75, 3.05) is 6.54 Å². The van der Waals surface area contributed by atoms with Crippen LogP contribution in [0.3, 0.4) is 0 Å². The van der Waals surface area contributed by atoms with E-state index in [-0.39, 0.29) is 42.0 Å². The number of nitrogens with zero attached hydrogens (tertiary/aromatic N) is 2. The Kier molecular flexibility index (Phi) is 4.20. The predicted molar refractivity (Wildman–Crippen MR) is 114 cm³/mol. The van der Waals surface area contributed by atoms with Crippen LogP contribution in [0, 0.1) is 23.7 Å². The van der Waals surface area contributed by atoms with Crippen molar-refractivity contribution in [1.29, 1.82) is 0 Å². The predicted octanol–water partition coefficient (Wildman–Crippen LogP) is 2.86. The number of nitrogens with one attached hydrogen (secondary N) is 2. The van der Waals surface area contributed by atoms with E-state index in [9.17, 15) is 9.90 Å². The van der Waals surface area contributed by atoms with E-state index in [0.29, 0.717) is 28.8 Å². The average Bonchev–Trinajstić information content (AvgIpc) is 3.14. The smallest absolute Gasteiger partial charge is 0.384 e. The first-order chi connectivity index (χ1) is 15.8. The number of benzene rings is 1. The van der Waals surface area contributed by atoms with E-state index in [1.54, 1.807) is 50.4 Å². The van der Waals surface area contributed by atoms with Gasteiger partial charge in [0.15, 0.2) is 11.8 Å². The molecule has 2 saturated carbocycles. The Bertz CT molecular complexity index is 1300. The number of H-pyrrole nitrogens is 1. The van der Waals surface area contributed by atoms with Gasteiger partial charge in [-0.3, -0.25) is 4.79 Å². The van der Waals surface area contributed by atoms with E-state index in [4.69, 9.17) is 9.37 Å². The minimum Gasteiger partial charge on any atom is -0.405 e. The summed E-state index contributed by atoms with van der Waals surface area (Å²) in [6.07, 6.45) is 4.11. The molecule has 3 aromatic rings. The molecule has 0 radical (unpaired) electrons. The van der Waals surface area contributed by atoms with Crippen LogP contribution < -0.4 is 15.0 Å². The number of hydrogen-bond acceptors (Lipinski definition) is 6. The van der Waals surface area contributed by atoms with Gasteiger partial charge in [0.2, 0.25) is 0 Å². The van der Waals surface area contributed by atoms with Gasteiger partial charge in [0.05, 0.1) is 5.60 Å². The first-order valence-corrected chi connectivity index (χ1v) is 11.1. The Hall–Kier alpha value is -3.33. The molecule has 3 N–H and O–H groups in total. The zero-order chi connectivity index (χ0) is 23.0. The molecule has 1 aromatic carbocycles. The van der Waals surface area contributed by atoms with Gasteiger partial charge in [-0.1, -0.05) is 6.08 Å². The highest BCUT2D eigenvalue weighted by atomic mass is 19.1. The number of halogens is 1. The Morgan fingerprint density at radius 1 is 1.36 bits per heavy atom. The number of alkyl halides is 1. The SMILES string of the molecule is CC(C)(O)C1CC2(F)C3C(CNC(=O)c4ccc[nH+]c4Oc4ccc5nonc5c4)=CC1C32. The average molecular weight is 451 g/mol. The zero-order valence-electron chi connectivity index (χ0n) is 18.2. The van der Waals surface area contributed by atoms with E-state index in [1.165, 1.54) is 0 Å². The maximum Gasteiger partial charge on any atom is 0.384 e. The Morgan fingerprint density at radius 2 is 2.18 bits per heavy atom. The first kappa shape index (κ1) is 20.3. The van der Waals surface area contributed by atoms with Gasteiger partial charge in [-0.05, 0) is 66.2 Å². The Morgan fingerprint density at radius 3 is 2.97 bits per heavy atom. The number of amides is 1. The highest BCUT2D eigenvalue weighted by molar-refractivity contribution is 5.96. The maximum absolute atomic E-state index is 15.3. The van der Waals surface area contributed by atoms with Gasteiger partial charge in [-0.15, -0.1) is 0 Å². The van der Waals surface area contributed by atoms with E-state index in [1.807, 2.05) is 0 Å². The molecule has 33 heavy (non-hydrogen) atoms. The summed E-state index contributed by atoms with van der Waals surface area (Å²) in [5.41, 5.74) is 0.225. The van der Waals surface area contributed by atoms with Crippen molar-refractivity contribution in [3.05, 3.63) is 53.7 Å². The number of pyridine rings is 1. The number of hydrogen-bond donors (Lipinski definition) is 2. The second-order valence-electron chi connectivity index (χ2n) is 9.83. The third-order valence-corrected chi connectivity index (χ3v) is 7.41. The van der Waals surface area contributed by atoms with Gasteiger partial charge in [-0.25, -0.2) is 9.02 Å². The lowest BCUT2D eigenvalue weighted by molar-refractivity contribution is -0.391. The molecule has 5 unspecified atom stereocenters. The van der Waals surface area contributed by atoms with Crippen LogP contribution in [0.2, 0.25) is 0 Å². The molecule has 2 aromatic heterocycles. The number of aromatic amines is 1. The third-order valence-electron chi connectivity index (χ3n) is 7.41. The summed E-state index contributed by atoms with van der Waals surface area (Å²) in [5, 5.41) is 20.9. The van der Waals surface area contributed by atoms with Crippen molar-refractivity contribution in [3.63, 3.8) is 0 Å². The normalized spacial score (nSPS) is 29.6. The van der Waals surface area contributed by atoms with E-state index >= 15 is 4.39 Å². The molecular formula is C24H24FN4O4+. The number of ether oxygens (including phenoxy) is 1. The van der Waals surface area contributed by atoms with Crippen LogP contribution in [-0.2, 0) is 0 Å². The molecule has 0 bridgehead atoms. The summed E-state index contributed by atoms with van der Waals surface area (Å²) in [6.45, 7) is 3.77. The van der Waals surface area contributed by atoms with Crippen molar-refractivity contribution in [2.45, 2.75) is 31.5 Å².